The molecule has 2 aromatic rings. The zero-order valence-corrected chi connectivity index (χ0v) is 13.6. The summed E-state index contributed by atoms with van der Waals surface area (Å²) in [6.07, 6.45) is 0.942. The number of hydrogen-bond acceptors (Lipinski definition) is 3. The van der Waals surface area contributed by atoms with Crippen LogP contribution in [0.2, 0.25) is 5.02 Å². The fraction of sp³-hybridized carbons (Fsp3) is 0.222. The molecule has 2 rings (SSSR count). The molecule has 5 heteroatoms. The van der Waals surface area contributed by atoms with Crippen molar-refractivity contribution in [2.24, 2.45) is 0 Å². The molecule has 0 saturated heterocycles. The molecule has 0 aromatic heterocycles. The van der Waals surface area contributed by atoms with Gasteiger partial charge in [-0.1, -0.05) is 23.7 Å². The smallest absolute Gasteiger partial charge is 0.220 e. The van der Waals surface area contributed by atoms with Crippen LogP contribution in [0.1, 0.15) is 22.3 Å². The summed E-state index contributed by atoms with van der Waals surface area (Å²) in [7, 11) is 1.57. The zero-order valence-electron chi connectivity index (χ0n) is 12.8. The van der Waals surface area contributed by atoms with E-state index in [1.54, 1.807) is 43.5 Å². The van der Waals surface area contributed by atoms with Gasteiger partial charge in [-0.25, -0.2) is 0 Å². The molecule has 0 atom stereocenters. The minimum atomic E-state index is -0.151. The molecular weight excluding hydrogens is 314 g/mol. The van der Waals surface area contributed by atoms with Crippen LogP contribution in [-0.2, 0) is 11.2 Å². The van der Waals surface area contributed by atoms with Crippen LogP contribution in [0.5, 0.6) is 5.75 Å². The van der Waals surface area contributed by atoms with Crippen molar-refractivity contribution in [1.29, 1.82) is 0 Å². The summed E-state index contributed by atoms with van der Waals surface area (Å²) in [5.41, 5.74) is 1.58. The van der Waals surface area contributed by atoms with E-state index < -0.39 is 0 Å². The van der Waals surface area contributed by atoms with Gasteiger partial charge in [-0.05, 0) is 48.4 Å². The van der Waals surface area contributed by atoms with E-state index in [9.17, 15) is 9.59 Å². The Morgan fingerprint density at radius 1 is 1.04 bits per heavy atom. The van der Waals surface area contributed by atoms with Gasteiger partial charge in [-0.15, -0.1) is 0 Å². The van der Waals surface area contributed by atoms with Crippen molar-refractivity contribution in [2.75, 3.05) is 13.7 Å². The van der Waals surface area contributed by atoms with Gasteiger partial charge in [0.25, 0.3) is 0 Å². The monoisotopic (exact) mass is 331 g/mol. The molecule has 0 aliphatic heterocycles. The molecule has 0 fully saturated rings. The molecule has 4 nitrogen and oxygen atoms in total. The summed E-state index contributed by atoms with van der Waals surface area (Å²) in [5, 5.41) is 3.32. The van der Waals surface area contributed by atoms with Gasteiger partial charge in [0.05, 0.1) is 13.7 Å². The molecule has 2 aromatic carbocycles. The van der Waals surface area contributed by atoms with Gasteiger partial charge in [0.2, 0.25) is 5.91 Å². The van der Waals surface area contributed by atoms with E-state index in [-0.39, 0.29) is 18.2 Å². The summed E-state index contributed by atoms with van der Waals surface area (Å²) >= 11 is 5.81. The lowest BCUT2D eigenvalue weighted by Gasteiger charge is -2.06. The van der Waals surface area contributed by atoms with Crippen LogP contribution in [0.3, 0.4) is 0 Å². The zero-order chi connectivity index (χ0) is 16.7. The molecule has 1 N–H and O–H groups in total. The Hall–Kier alpha value is -2.33. The number of ether oxygens (including phenoxy) is 1. The Morgan fingerprint density at radius 2 is 1.70 bits per heavy atom. The van der Waals surface area contributed by atoms with Crippen LogP contribution in [0.4, 0.5) is 0 Å². The average molecular weight is 332 g/mol. The molecule has 1 amide bonds. The van der Waals surface area contributed by atoms with Crippen LogP contribution >= 0.6 is 11.6 Å². The van der Waals surface area contributed by atoms with Crippen LogP contribution < -0.4 is 10.1 Å². The van der Waals surface area contributed by atoms with Crippen molar-refractivity contribution < 1.29 is 14.3 Å². The Labute approximate surface area is 140 Å². The van der Waals surface area contributed by atoms with Crippen molar-refractivity contribution in [3.63, 3.8) is 0 Å². The van der Waals surface area contributed by atoms with Crippen molar-refractivity contribution in [3.8, 4) is 5.75 Å². The first-order valence-corrected chi connectivity index (χ1v) is 7.64. The highest BCUT2D eigenvalue weighted by atomic mass is 35.5. The van der Waals surface area contributed by atoms with Crippen molar-refractivity contribution in [2.45, 2.75) is 12.8 Å². The van der Waals surface area contributed by atoms with Gasteiger partial charge < -0.3 is 10.1 Å². The summed E-state index contributed by atoms with van der Waals surface area (Å²) in [6.45, 7) is -0.00815. The number of methoxy groups -OCH3 is 1. The fourth-order valence-corrected chi connectivity index (χ4v) is 2.18. The van der Waals surface area contributed by atoms with Gasteiger partial charge in [0.1, 0.15) is 5.75 Å². The lowest BCUT2D eigenvalue weighted by atomic mass is 10.1. The van der Waals surface area contributed by atoms with Crippen molar-refractivity contribution in [1.82, 2.24) is 5.32 Å². The molecule has 0 saturated carbocycles. The number of rotatable bonds is 7. The standard InChI is InChI=1S/C18H18ClNO3/c1-23-16-9-5-14(6-10-16)17(21)12-20-18(22)11-4-13-2-7-15(19)8-3-13/h2-3,5-10H,4,11-12H2,1H3,(H,20,22). The minimum absolute atomic E-state index is 0.00815. The van der Waals surface area contributed by atoms with E-state index in [2.05, 4.69) is 5.32 Å². The largest absolute Gasteiger partial charge is 0.497 e. The Balaban J connectivity index is 1.76. The van der Waals surface area contributed by atoms with E-state index in [1.807, 2.05) is 12.1 Å². The second-order valence-electron chi connectivity index (χ2n) is 5.05. The number of hydrogen-bond donors (Lipinski definition) is 1. The van der Waals surface area contributed by atoms with Crippen LogP contribution in [0, 0.1) is 0 Å². The summed E-state index contributed by atoms with van der Waals surface area (Å²) in [6, 6.07) is 14.2. The lowest BCUT2D eigenvalue weighted by molar-refractivity contribution is -0.120. The molecule has 0 heterocycles. The number of nitrogens with one attached hydrogen (secondary N) is 1. The van der Waals surface area contributed by atoms with Crippen molar-refractivity contribution >= 4 is 23.3 Å². The topological polar surface area (TPSA) is 55.4 Å². The number of amides is 1. The Bertz CT molecular complexity index is 666. The fourth-order valence-electron chi connectivity index (χ4n) is 2.06. The number of aryl methyl sites for hydroxylation is 1. The van der Waals surface area contributed by atoms with Gasteiger partial charge in [0.15, 0.2) is 5.78 Å². The van der Waals surface area contributed by atoms with Crippen LogP contribution in [-0.4, -0.2) is 25.3 Å². The highest BCUT2D eigenvalue weighted by molar-refractivity contribution is 6.30. The first-order chi connectivity index (χ1) is 11.1. The molecule has 0 unspecified atom stereocenters. The molecule has 0 bridgehead atoms. The quantitative estimate of drug-likeness (QED) is 0.792. The highest BCUT2D eigenvalue weighted by Crippen LogP contribution is 2.12. The number of benzene rings is 2. The maximum atomic E-state index is 12.0. The SMILES string of the molecule is COc1ccc(C(=O)CNC(=O)CCc2ccc(Cl)cc2)cc1. The number of carbonyl (C=O) groups excluding carboxylic acids is 2. The maximum Gasteiger partial charge on any atom is 0.220 e. The lowest BCUT2D eigenvalue weighted by Crippen LogP contribution is -2.29. The summed E-state index contributed by atoms with van der Waals surface area (Å²) in [4.78, 5) is 23.8. The normalized spacial score (nSPS) is 10.2. The molecule has 0 spiro atoms. The first-order valence-electron chi connectivity index (χ1n) is 7.27. The molecule has 0 aliphatic rings. The molecule has 0 radical (unpaired) electrons. The van der Waals surface area contributed by atoms with Crippen molar-refractivity contribution in [3.05, 3.63) is 64.7 Å². The molecule has 120 valence electrons. The maximum absolute atomic E-state index is 12.0. The highest BCUT2D eigenvalue weighted by Gasteiger charge is 2.08. The third-order valence-electron chi connectivity index (χ3n) is 3.41. The second-order valence-corrected chi connectivity index (χ2v) is 5.49. The minimum Gasteiger partial charge on any atom is -0.497 e. The predicted molar refractivity (Wildman–Crippen MR) is 90.1 cm³/mol. The van der Waals surface area contributed by atoms with E-state index in [0.29, 0.717) is 29.2 Å². The molecular formula is C18H18ClNO3. The third kappa shape index (κ3) is 5.42. The number of ketones is 1. The predicted octanol–water partition coefficient (Wildman–Crippen LogP) is 3.28. The van der Waals surface area contributed by atoms with Gasteiger partial charge in [-0.3, -0.25) is 9.59 Å². The summed E-state index contributed by atoms with van der Waals surface area (Å²) < 4.78 is 5.04. The summed E-state index contributed by atoms with van der Waals surface area (Å²) in [5.74, 6) is 0.405. The number of Topliss-reactive ketones (excluding diaryl/α,β-unsaturated/α-hetero) is 1. The first kappa shape index (κ1) is 17.0. The van der Waals surface area contributed by atoms with Crippen LogP contribution in [0.15, 0.2) is 48.5 Å². The number of carbonyl (C=O) groups is 2. The Morgan fingerprint density at radius 3 is 2.30 bits per heavy atom. The molecule has 0 aliphatic carbocycles. The third-order valence-corrected chi connectivity index (χ3v) is 3.66. The molecule has 23 heavy (non-hydrogen) atoms. The number of halogens is 1. The van der Waals surface area contributed by atoms with Gasteiger partial charge in [0, 0.05) is 17.0 Å². The van der Waals surface area contributed by atoms with Crippen LogP contribution in [0.25, 0.3) is 0 Å². The Kier molecular flexibility index (Phi) is 6.18. The van der Waals surface area contributed by atoms with E-state index >= 15 is 0 Å². The average Bonchev–Trinajstić information content (AvgIpc) is 2.59. The van der Waals surface area contributed by atoms with E-state index in [4.69, 9.17) is 16.3 Å². The second kappa shape index (κ2) is 8.34. The van der Waals surface area contributed by atoms with Gasteiger partial charge in [-0.2, -0.15) is 0 Å². The van der Waals surface area contributed by atoms with E-state index in [0.717, 1.165) is 5.56 Å². The van der Waals surface area contributed by atoms with E-state index in [1.165, 1.54) is 0 Å². The van der Waals surface area contributed by atoms with Gasteiger partial charge >= 0.3 is 0 Å².